The van der Waals surface area contributed by atoms with E-state index >= 15 is 0 Å². The molecule has 0 aliphatic carbocycles. The molecule has 1 N–H and O–H groups in total. The highest BCUT2D eigenvalue weighted by molar-refractivity contribution is 7.80. The van der Waals surface area contributed by atoms with Gasteiger partial charge in [0.2, 0.25) is 0 Å². The fourth-order valence-corrected chi connectivity index (χ4v) is 0.873. The first kappa shape index (κ1) is 10.4. The maximum atomic E-state index is 10.3. The van der Waals surface area contributed by atoms with Crippen LogP contribution in [0.15, 0.2) is 0 Å². The quantitative estimate of drug-likeness (QED) is 0.649. The van der Waals surface area contributed by atoms with Crippen LogP contribution >= 0.6 is 12.2 Å². The Balaban J connectivity index is 3.93. The number of carbonyl (C=O) groups is 1. The summed E-state index contributed by atoms with van der Waals surface area (Å²) in [6.45, 7) is 1.82. The van der Waals surface area contributed by atoms with Gasteiger partial charge in [0.25, 0.3) is 0 Å². The summed E-state index contributed by atoms with van der Waals surface area (Å²) in [5.41, 5.74) is 0. The summed E-state index contributed by atoms with van der Waals surface area (Å²) in [4.78, 5) is 12.7. The summed E-state index contributed by atoms with van der Waals surface area (Å²) in [7, 11) is 3.64. The molecule has 64 valence electrons. The van der Waals surface area contributed by atoms with Crippen molar-refractivity contribution in [2.24, 2.45) is 5.92 Å². The number of carboxylic acid groups (broad SMARTS) is 1. The van der Waals surface area contributed by atoms with E-state index in [0.717, 1.165) is 0 Å². The highest BCUT2D eigenvalue weighted by Crippen LogP contribution is 2.06. The average Bonchev–Trinajstić information content (AvgIpc) is 1.84. The molecular weight excluding hydrogens is 162 g/mol. The van der Waals surface area contributed by atoms with Crippen LogP contribution < -0.4 is 0 Å². The van der Waals surface area contributed by atoms with E-state index in [0.29, 0.717) is 4.99 Å². The molecule has 0 rings (SSSR count). The van der Waals surface area contributed by atoms with Crippen molar-refractivity contribution in [2.45, 2.75) is 13.3 Å². The molecule has 0 saturated heterocycles. The fraction of sp³-hybridized carbons (Fsp3) is 0.714. The zero-order valence-corrected chi connectivity index (χ0v) is 7.81. The molecule has 0 aromatic carbocycles. The highest BCUT2D eigenvalue weighted by atomic mass is 32.1. The van der Waals surface area contributed by atoms with Gasteiger partial charge in [-0.15, -0.1) is 0 Å². The normalized spacial score (nSPS) is 12.3. The monoisotopic (exact) mass is 175 g/mol. The molecule has 0 amide bonds. The molecule has 0 aromatic heterocycles. The molecule has 0 heterocycles. The summed E-state index contributed by atoms with van der Waals surface area (Å²) < 4.78 is 0. The minimum absolute atomic E-state index is 0.0579. The van der Waals surface area contributed by atoms with Crippen molar-refractivity contribution in [1.29, 1.82) is 0 Å². The van der Waals surface area contributed by atoms with E-state index in [9.17, 15) is 4.79 Å². The first-order valence-corrected chi connectivity index (χ1v) is 3.79. The molecule has 1 unspecified atom stereocenters. The maximum absolute atomic E-state index is 10.3. The van der Waals surface area contributed by atoms with Gasteiger partial charge in [0.1, 0.15) is 0 Å². The Hall–Kier alpha value is -0.640. The third-order valence-electron chi connectivity index (χ3n) is 1.34. The van der Waals surface area contributed by atoms with Crippen molar-refractivity contribution >= 4 is 23.2 Å². The summed E-state index contributed by atoms with van der Waals surface area (Å²) in [6, 6.07) is 0. The molecule has 0 aromatic rings. The van der Waals surface area contributed by atoms with Crippen LogP contribution in [0.1, 0.15) is 13.3 Å². The highest BCUT2D eigenvalue weighted by Gasteiger charge is 2.13. The third-order valence-corrected chi connectivity index (χ3v) is 2.11. The molecule has 0 spiro atoms. The first-order valence-electron chi connectivity index (χ1n) is 3.38. The van der Waals surface area contributed by atoms with Gasteiger partial charge in [0, 0.05) is 20.0 Å². The van der Waals surface area contributed by atoms with Crippen molar-refractivity contribution in [3.8, 4) is 0 Å². The molecule has 0 saturated carbocycles. The van der Waals surface area contributed by atoms with Gasteiger partial charge in [-0.25, -0.2) is 0 Å². The Morgan fingerprint density at radius 3 is 2.36 bits per heavy atom. The number of nitrogens with zero attached hydrogens (tertiary/aromatic N) is 1. The van der Waals surface area contributed by atoms with Gasteiger partial charge in [-0.1, -0.05) is 19.1 Å². The predicted octanol–water partition coefficient (Wildman–Crippen LogP) is 0.986. The Morgan fingerprint density at radius 2 is 2.09 bits per heavy atom. The third kappa shape index (κ3) is 3.93. The van der Waals surface area contributed by atoms with Crippen LogP contribution in [-0.4, -0.2) is 35.1 Å². The van der Waals surface area contributed by atoms with Crippen LogP contribution in [0.2, 0.25) is 0 Å². The van der Waals surface area contributed by atoms with E-state index in [1.54, 1.807) is 4.90 Å². The number of aliphatic carboxylic acids is 1. The number of thiocarbonyl (C=S) groups is 1. The molecular formula is C7H13NO2S. The van der Waals surface area contributed by atoms with Crippen molar-refractivity contribution in [3.63, 3.8) is 0 Å². The van der Waals surface area contributed by atoms with Gasteiger partial charge in [0.15, 0.2) is 0 Å². The van der Waals surface area contributed by atoms with Crippen LogP contribution in [-0.2, 0) is 4.79 Å². The van der Waals surface area contributed by atoms with E-state index in [1.165, 1.54) is 0 Å². The van der Waals surface area contributed by atoms with E-state index in [2.05, 4.69) is 0 Å². The molecule has 4 heteroatoms. The van der Waals surface area contributed by atoms with Crippen LogP contribution in [0.3, 0.4) is 0 Å². The smallest absolute Gasteiger partial charge is 0.304 e. The van der Waals surface area contributed by atoms with Crippen LogP contribution in [0, 0.1) is 5.92 Å². The van der Waals surface area contributed by atoms with Crippen molar-refractivity contribution in [1.82, 2.24) is 4.90 Å². The first-order chi connectivity index (χ1) is 4.95. The molecule has 0 radical (unpaired) electrons. The Morgan fingerprint density at radius 1 is 1.64 bits per heavy atom. The lowest BCUT2D eigenvalue weighted by Crippen LogP contribution is -2.27. The lowest BCUT2D eigenvalue weighted by Gasteiger charge is -2.18. The van der Waals surface area contributed by atoms with Gasteiger partial charge >= 0.3 is 5.97 Å². The van der Waals surface area contributed by atoms with E-state index < -0.39 is 5.97 Å². The molecule has 0 aliphatic rings. The molecule has 1 atom stereocenters. The predicted molar refractivity (Wildman–Crippen MR) is 47.7 cm³/mol. The number of carboxylic acids is 1. The second-order valence-corrected chi connectivity index (χ2v) is 3.15. The second-order valence-electron chi connectivity index (χ2n) is 2.73. The summed E-state index contributed by atoms with van der Waals surface area (Å²) >= 11 is 4.98. The molecule has 0 bridgehead atoms. The topological polar surface area (TPSA) is 40.5 Å². The van der Waals surface area contributed by atoms with Crippen molar-refractivity contribution in [3.05, 3.63) is 0 Å². The number of hydrogen-bond acceptors (Lipinski definition) is 2. The van der Waals surface area contributed by atoms with Crippen molar-refractivity contribution < 1.29 is 9.90 Å². The SMILES string of the molecule is CC(CC(=O)O)C(=S)N(C)C. The lowest BCUT2D eigenvalue weighted by atomic mass is 10.1. The summed E-state index contributed by atoms with van der Waals surface area (Å²) in [5.74, 6) is -0.862. The molecule has 11 heavy (non-hydrogen) atoms. The maximum Gasteiger partial charge on any atom is 0.304 e. The summed E-state index contributed by atoms with van der Waals surface area (Å²) in [6.07, 6.45) is 0.108. The molecule has 0 aliphatic heterocycles. The van der Waals surface area contributed by atoms with Gasteiger partial charge < -0.3 is 10.0 Å². The molecule has 3 nitrogen and oxygen atoms in total. The number of hydrogen-bond donors (Lipinski definition) is 1. The minimum atomic E-state index is -0.804. The second kappa shape index (κ2) is 4.28. The Labute approximate surface area is 72.0 Å². The summed E-state index contributed by atoms with van der Waals surface area (Å²) in [5, 5.41) is 8.44. The van der Waals surface area contributed by atoms with Gasteiger partial charge in [0.05, 0.1) is 11.4 Å². The van der Waals surface area contributed by atoms with Crippen LogP contribution in [0.4, 0.5) is 0 Å². The molecule has 0 fully saturated rings. The van der Waals surface area contributed by atoms with E-state index in [4.69, 9.17) is 17.3 Å². The average molecular weight is 175 g/mol. The lowest BCUT2D eigenvalue weighted by molar-refractivity contribution is -0.137. The fourth-order valence-electron chi connectivity index (χ4n) is 0.790. The zero-order chi connectivity index (χ0) is 9.02. The van der Waals surface area contributed by atoms with Crippen LogP contribution in [0.25, 0.3) is 0 Å². The van der Waals surface area contributed by atoms with Gasteiger partial charge in [-0.05, 0) is 0 Å². The van der Waals surface area contributed by atoms with Crippen LogP contribution in [0.5, 0.6) is 0 Å². The van der Waals surface area contributed by atoms with Gasteiger partial charge in [-0.2, -0.15) is 0 Å². The minimum Gasteiger partial charge on any atom is -0.481 e. The van der Waals surface area contributed by atoms with Gasteiger partial charge in [-0.3, -0.25) is 4.79 Å². The largest absolute Gasteiger partial charge is 0.481 e. The van der Waals surface area contributed by atoms with Crippen molar-refractivity contribution in [2.75, 3.05) is 14.1 Å². The number of rotatable bonds is 3. The zero-order valence-electron chi connectivity index (χ0n) is 7.00. The van der Waals surface area contributed by atoms with E-state index in [-0.39, 0.29) is 12.3 Å². The Bertz CT molecular complexity index is 168. The van der Waals surface area contributed by atoms with E-state index in [1.807, 2.05) is 21.0 Å². The Kier molecular flexibility index (Phi) is 4.03. The standard InChI is InChI=1S/C7H13NO2S/c1-5(4-6(9)10)7(11)8(2)3/h5H,4H2,1-3H3,(H,9,10).